The molecule has 3 aromatic carbocycles. The second kappa shape index (κ2) is 12.8. The van der Waals surface area contributed by atoms with Gasteiger partial charge in [0.1, 0.15) is 6.61 Å². The lowest BCUT2D eigenvalue weighted by Gasteiger charge is -2.38. The molecule has 1 N–H and O–H groups in total. The lowest BCUT2D eigenvalue weighted by Crippen LogP contribution is -2.56. The highest BCUT2D eigenvalue weighted by Gasteiger charge is 2.30. The Morgan fingerprint density at radius 2 is 1.62 bits per heavy atom. The molecular weight excluding hydrogens is 590 g/mol. The van der Waals surface area contributed by atoms with E-state index in [2.05, 4.69) is 55.3 Å². The molecule has 2 heterocycles. The zero-order valence-corrected chi connectivity index (χ0v) is 27.0. The Balaban J connectivity index is 1.19. The van der Waals surface area contributed by atoms with Gasteiger partial charge in [-0.1, -0.05) is 66.2 Å². The first-order valence-corrected chi connectivity index (χ1v) is 15.9. The van der Waals surface area contributed by atoms with Gasteiger partial charge in [-0.2, -0.15) is 0 Å². The average molecular weight is 630 g/mol. The summed E-state index contributed by atoms with van der Waals surface area (Å²) >= 11 is 6.50. The van der Waals surface area contributed by atoms with Crippen molar-refractivity contribution in [3.8, 4) is 11.1 Å². The summed E-state index contributed by atoms with van der Waals surface area (Å²) in [5.74, 6) is 0.371. The number of aromatic nitrogens is 2. The van der Waals surface area contributed by atoms with Gasteiger partial charge in [0.05, 0.1) is 34.2 Å². The third-order valence-electron chi connectivity index (χ3n) is 8.49. The van der Waals surface area contributed by atoms with Gasteiger partial charge in [0, 0.05) is 38.6 Å². The molecule has 0 unspecified atom stereocenters. The van der Waals surface area contributed by atoms with Crippen LogP contribution < -0.4 is 15.9 Å². The monoisotopic (exact) mass is 629 g/mol. The number of hydrogen-bond donors (Lipinski definition) is 1. The third kappa shape index (κ3) is 6.57. The van der Waals surface area contributed by atoms with E-state index < -0.39 is 12.1 Å². The van der Waals surface area contributed by atoms with E-state index in [0.717, 1.165) is 30.8 Å². The van der Waals surface area contributed by atoms with Gasteiger partial charge in [0.2, 0.25) is 0 Å². The van der Waals surface area contributed by atoms with Gasteiger partial charge in [0.25, 0.3) is 5.56 Å². The Kier molecular flexibility index (Phi) is 8.86. The molecule has 1 aromatic heterocycles. The van der Waals surface area contributed by atoms with Crippen LogP contribution in [-0.4, -0.2) is 72.2 Å². The number of carbonyl (C=O) groups is 1. The Hall–Kier alpha value is -3.92. The van der Waals surface area contributed by atoms with Gasteiger partial charge < -0.3 is 19.8 Å². The molecule has 1 fully saturated rings. The third-order valence-corrected chi connectivity index (χ3v) is 8.80. The summed E-state index contributed by atoms with van der Waals surface area (Å²) in [7, 11) is 0. The van der Waals surface area contributed by atoms with E-state index in [-0.39, 0.29) is 23.7 Å². The number of halogens is 1. The fraction of sp³-hybridized carbons (Fsp3) is 0.400. The summed E-state index contributed by atoms with van der Waals surface area (Å²) in [5, 5.41) is 5.63. The van der Waals surface area contributed by atoms with Crippen LogP contribution >= 0.6 is 11.6 Å². The first-order chi connectivity index (χ1) is 21.6. The molecule has 0 radical (unpaired) electrons. The number of carbonyl (C=O) groups excluding carboxylic acids is 1. The summed E-state index contributed by atoms with van der Waals surface area (Å²) < 4.78 is 13.3. The zero-order chi connectivity index (χ0) is 31.7. The molecule has 1 atom stereocenters. The fourth-order valence-corrected chi connectivity index (χ4v) is 6.53. The van der Waals surface area contributed by atoms with Crippen molar-refractivity contribution in [2.75, 3.05) is 50.9 Å². The van der Waals surface area contributed by atoms with E-state index in [0.29, 0.717) is 41.4 Å². The molecule has 9 nitrogen and oxygen atoms in total. The number of ether oxygens (including phenoxy) is 2. The van der Waals surface area contributed by atoms with Crippen LogP contribution in [0.1, 0.15) is 56.6 Å². The molecule has 236 valence electrons. The average Bonchev–Trinajstić information content (AvgIpc) is 3.33. The van der Waals surface area contributed by atoms with Crippen molar-refractivity contribution in [2.45, 2.75) is 45.3 Å². The molecule has 1 amide bonds. The lowest BCUT2D eigenvalue weighted by atomic mass is 9.98. The number of amides is 1. The van der Waals surface area contributed by atoms with Crippen molar-refractivity contribution in [1.82, 2.24) is 19.9 Å². The zero-order valence-electron chi connectivity index (χ0n) is 26.3. The molecule has 0 bridgehead atoms. The van der Waals surface area contributed by atoms with Crippen molar-refractivity contribution < 1.29 is 14.3 Å². The summed E-state index contributed by atoms with van der Waals surface area (Å²) in [5.41, 5.74) is 4.66. The Bertz CT molecular complexity index is 1710. The summed E-state index contributed by atoms with van der Waals surface area (Å²) in [6.45, 7) is 12.4. The number of nitrogens with zero attached hydrogens (tertiary/aromatic N) is 4. The minimum Gasteiger partial charge on any atom is -0.449 e. The Labute approximate surface area is 268 Å². The molecule has 4 aromatic rings. The van der Waals surface area contributed by atoms with Gasteiger partial charge in [-0.15, -0.1) is 0 Å². The maximum atomic E-state index is 14.0. The Morgan fingerprint density at radius 1 is 0.978 bits per heavy atom. The van der Waals surface area contributed by atoms with Gasteiger partial charge in [-0.05, 0) is 62.1 Å². The maximum absolute atomic E-state index is 14.0. The number of rotatable bonds is 8. The smallest absolute Gasteiger partial charge is 0.407 e. The highest BCUT2D eigenvalue weighted by Crippen LogP contribution is 2.44. The molecule has 1 aliphatic heterocycles. The number of benzene rings is 3. The number of piperazine rings is 1. The largest absolute Gasteiger partial charge is 0.449 e. The normalized spacial score (nSPS) is 16.0. The van der Waals surface area contributed by atoms with Crippen LogP contribution in [-0.2, 0) is 9.47 Å². The topological polar surface area (TPSA) is 88.9 Å². The predicted octanol–water partition coefficient (Wildman–Crippen LogP) is 5.72. The number of nitrogens with one attached hydrogen (secondary N) is 1. The lowest BCUT2D eigenvalue weighted by molar-refractivity contribution is -0.0139. The van der Waals surface area contributed by atoms with E-state index in [1.165, 1.54) is 11.1 Å². The fourth-order valence-electron chi connectivity index (χ4n) is 6.28. The van der Waals surface area contributed by atoms with Crippen LogP contribution in [0.3, 0.4) is 0 Å². The molecule has 10 heteroatoms. The van der Waals surface area contributed by atoms with E-state index >= 15 is 0 Å². The van der Waals surface area contributed by atoms with Gasteiger partial charge >= 0.3 is 6.09 Å². The van der Waals surface area contributed by atoms with Gasteiger partial charge in [0.15, 0.2) is 5.82 Å². The molecule has 45 heavy (non-hydrogen) atoms. The summed E-state index contributed by atoms with van der Waals surface area (Å²) in [6.07, 6.45) is -0.569. The number of alkyl carbamates (subject to hydrolysis) is 1. The van der Waals surface area contributed by atoms with Crippen molar-refractivity contribution >= 4 is 28.6 Å². The van der Waals surface area contributed by atoms with E-state index in [4.69, 9.17) is 26.1 Å². The molecule has 2 aliphatic rings. The highest BCUT2D eigenvalue weighted by atomic mass is 35.5. The van der Waals surface area contributed by atoms with Crippen molar-refractivity contribution in [3.05, 3.63) is 99.1 Å². The molecule has 6 rings (SSSR count). The van der Waals surface area contributed by atoms with Crippen LogP contribution in [0.15, 0.2) is 71.5 Å². The second-order valence-corrected chi connectivity index (χ2v) is 13.1. The summed E-state index contributed by atoms with van der Waals surface area (Å²) in [4.78, 5) is 34.4. The van der Waals surface area contributed by atoms with E-state index in [9.17, 15) is 9.59 Å². The SMILES string of the molecule is C[C@H](NC(=O)OCC1c2ccccc2-c2ccccc21)c1nc2cccc(Cl)c2c(=O)n1N1CCN(CCOC(C)(C)C)CC1. The predicted molar refractivity (Wildman–Crippen MR) is 178 cm³/mol. The summed E-state index contributed by atoms with van der Waals surface area (Å²) in [6, 6.07) is 21.1. The second-order valence-electron chi connectivity index (χ2n) is 12.7. The molecule has 1 saturated heterocycles. The minimum atomic E-state index is -0.616. The maximum Gasteiger partial charge on any atom is 0.407 e. The number of hydrogen-bond acceptors (Lipinski definition) is 7. The van der Waals surface area contributed by atoms with Crippen molar-refractivity contribution in [3.63, 3.8) is 0 Å². The quantitative estimate of drug-likeness (QED) is 0.267. The van der Waals surface area contributed by atoms with Gasteiger partial charge in [-0.3, -0.25) is 9.69 Å². The van der Waals surface area contributed by atoms with Crippen LogP contribution in [0.5, 0.6) is 0 Å². The standard InChI is InChI=1S/C35H40ClN5O4/c1-23(37-34(43)44-22-28-26-12-7-5-10-24(26)25-11-6-8-13-27(25)28)32-38-30-15-9-14-29(36)31(30)33(42)41(32)40-18-16-39(17-19-40)20-21-45-35(2,3)4/h5-15,23,28H,16-22H2,1-4H3,(H,37,43)/t23-/m0/s1. The Morgan fingerprint density at radius 3 is 2.27 bits per heavy atom. The van der Waals surface area contributed by atoms with Crippen LogP contribution in [0.25, 0.3) is 22.0 Å². The molecule has 0 spiro atoms. The first-order valence-electron chi connectivity index (χ1n) is 15.5. The van der Waals surface area contributed by atoms with Crippen molar-refractivity contribution in [2.24, 2.45) is 0 Å². The molecule has 1 aliphatic carbocycles. The molecule has 0 saturated carbocycles. The number of fused-ring (bicyclic) bond motifs is 4. The van der Waals surface area contributed by atoms with Crippen LogP contribution in [0.2, 0.25) is 5.02 Å². The minimum absolute atomic E-state index is 0.0531. The molecular formula is C35H40ClN5O4. The van der Waals surface area contributed by atoms with E-state index in [1.807, 2.05) is 36.2 Å². The van der Waals surface area contributed by atoms with Crippen molar-refractivity contribution in [1.29, 1.82) is 0 Å². The van der Waals surface area contributed by atoms with E-state index in [1.54, 1.807) is 22.9 Å². The first kappa shape index (κ1) is 31.1. The highest BCUT2D eigenvalue weighted by molar-refractivity contribution is 6.35. The van der Waals surface area contributed by atoms with Crippen LogP contribution in [0.4, 0.5) is 4.79 Å². The van der Waals surface area contributed by atoms with Crippen LogP contribution in [0, 0.1) is 0 Å². The van der Waals surface area contributed by atoms with Gasteiger partial charge in [-0.25, -0.2) is 14.5 Å².